The first-order chi connectivity index (χ1) is 36.2. The van der Waals surface area contributed by atoms with E-state index >= 15 is 0 Å². The molecule has 2 aromatic carbocycles. The van der Waals surface area contributed by atoms with Gasteiger partial charge in [-0.05, 0) is 112 Å². The Morgan fingerprint density at radius 2 is 1.58 bits per heavy atom. The molecule has 74 heavy (non-hydrogen) atoms. The minimum Gasteiger partial charge on any atom is -0.494 e. The molecule has 6 rings (SSSR count). The van der Waals surface area contributed by atoms with Crippen LogP contribution in [-0.4, -0.2) is 138 Å². The van der Waals surface area contributed by atoms with E-state index in [9.17, 15) is 14.4 Å². The van der Waals surface area contributed by atoms with Gasteiger partial charge in [-0.3, -0.25) is 19.9 Å². The minimum atomic E-state index is -0.824. The zero-order valence-electron chi connectivity index (χ0n) is 42.8. The van der Waals surface area contributed by atoms with Gasteiger partial charge in [-0.15, -0.1) is 16.4 Å². The number of aromatic nitrogens is 5. The van der Waals surface area contributed by atoms with E-state index in [0.717, 1.165) is 73.5 Å². The van der Waals surface area contributed by atoms with Crippen molar-refractivity contribution in [2.75, 3.05) is 90.2 Å². The highest BCUT2D eigenvalue weighted by molar-refractivity contribution is 7.13. The van der Waals surface area contributed by atoms with Gasteiger partial charge in [0.1, 0.15) is 18.1 Å². The van der Waals surface area contributed by atoms with Gasteiger partial charge in [0.15, 0.2) is 11.2 Å². The third-order valence-electron chi connectivity index (χ3n) is 11.8. The standard InChI is InChI=1S/C55H72N10O8S/c1-5-12-42(6-2)39-57-53(67)52(50-13-8-9-27-56-50)65(47-19-20-47)51(66)25-16-43-14-21-48(22-15-43)72-31-11-10-28-63(4)29-33-70-36-35-69-32-26-46-40-64(62-61-46)30-34-71-37-38-73-49-23-17-45(18-24-49)58-54(68)60-55-59-44(7-3)41-74-55/h5-6,8-9,12-15,17-18,21-24,27,40-41,47,52H,1-2,7,10-11,16,19-20,25-26,28-39H2,3-4H3,(H,57,67)(H2,58,59,60,68)/b42-12+. The lowest BCUT2D eigenvalue weighted by Crippen LogP contribution is -2.45. The Morgan fingerprint density at radius 3 is 2.30 bits per heavy atom. The van der Waals surface area contributed by atoms with Crippen LogP contribution in [0.2, 0.25) is 0 Å². The van der Waals surface area contributed by atoms with E-state index in [-0.39, 0.29) is 36.9 Å². The number of nitrogens with one attached hydrogen (secondary N) is 3. The SMILES string of the molecule is C=C/C=C(\C=C)CNC(=O)C(c1ccccn1)N(C(=O)CCc1ccc(OCCCCN(C)CCOCCOCCc2cn(CCOCCOc3ccc(NC(=O)Nc4nc(CC)cs4)cc3)nn2)cc1)C1CC1. The van der Waals surface area contributed by atoms with Crippen LogP contribution in [0.4, 0.5) is 15.6 Å². The number of pyridine rings is 1. The van der Waals surface area contributed by atoms with E-state index in [1.54, 1.807) is 70.4 Å². The summed E-state index contributed by atoms with van der Waals surface area (Å²) in [6.45, 7) is 16.3. The number of likely N-dealkylation sites (N-methyl/N-ethyl adjacent to an activating group) is 1. The predicted octanol–water partition coefficient (Wildman–Crippen LogP) is 7.88. The number of anilines is 2. The van der Waals surface area contributed by atoms with Gasteiger partial charge in [-0.25, -0.2) is 14.5 Å². The van der Waals surface area contributed by atoms with E-state index in [4.69, 9.17) is 23.7 Å². The number of thiazole rings is 1. The molecule has 1 fully saturated rings. The Labute approximate surface area is 439 Å². The van der Waals surface area contributed by atoms with E-state index in [1.807, 2.05) is 48.8 Å². The molecule has 5 aromatic rings. The Balaban J connectivity index is 0.741. The molecule has 1 aliphatic rings. The number of unbranched alkanes of at least 4 members (excludes halogenated alkanes) is 1. The molecule has 1 saturated carbocycles. The second kappa shape index (κ2) is 31.7. The van der Waals surface area contributed by atoms with Crippen LogP contribution in [0.25, 0.3) is 0 Å². The Bertz CT molecular complexity index is 2500. The van der Waals surface area contributed by atoms with Crippen LogP contribution in [0, 0.1) is 0 Å². The lowest BCUT2D eigenvalue weighted by atomic mass is 10.1. The summed E-state index contributed by atoms with van der Waals surface area (Å²) in [6.07, 6.45) is 14.6. The second-order valence-electron chi connectivity index (χ2n) is 17.6. The first-order valence-corrected chi connectivity index (χ1v) is 26.3. The highest BCUT2D eigenvalue weighted by atomic mass is 32.1. The monoisotopic (exact) mass is 1030 g/mol. The molecule has 18 nitrogen and oxygen atoms in total. The summed E-state index contributed by atoms with van der Waals surface area (Å²) in [7, 11) is 2.09. The minimum absolute atomic E-state index is 0.00681. The first kappa shape index (κ1) is 56.5. The lowest BCUT2D eigenvalue weighted by molar-refractivity contribution is -0.141. The zero-order valence-corrected chi connectivity index (χ0v) is 43.6. The fourth-order valence-corrected chi connectivity index (χ4v) is 8.38. The Hall–Kier alpha value is -6.77. The number of hydrogen-bond donors (Lipinski definition) is 3. The highest BCUT2D eigenvalue weighted by Crippen LogP contribution is 2.35. The van der Waals surface area contributed by atoms with Crippen LogP contribution >= 0.6 is 11.3 Å². The molecule has 0 aliphatic heterocycles. The van der Waals surface area contributed by atoms with Crippen LogP contribution in [0.5, 0.6) is 11.5 Å². The maximum Gasteiger partial charge on any atom is 0.325 e. The maximum absolute atomic E-state index is 13.8. The van der Waals surface area contributed by atoms with Crippen molar-refractivity contribution in [3.05, 3.63) is 144 Å². The number of ether oxygens (including phenoxy) is 5. The van der Waals surface area contributed by atoms with E-state index in [1.165, 1.54) is 11.3 Å². The molecule has 3 N–H and O–H groups in total. The smallest absolute Gasteiger partial charge is 0.325 e. The van der Waals surface area contributed by atoms with Gasteiger partial charge in [0.05, 0.1) is 69.9 Å². The molecule has 0 spiro atoms. The van der Waals surface area contributed by atoms with Crippen LogP contribution in [0.15, 0.2) is 121 Å². The van der Waals surface area contributed by atoms with Crippen molar-refractivity contribution < 1.29 is 38.1 Å². The summed E-state index contributed by atoms with van der Waals surface area (Å²) in [4.78, 5) is 52.5. The van der Waals surface area contributed by atoms with Gasteiger partial charge in [-0.2, -0.15) is 0 Å². The second-order valence-corrected chi connectivity index (χ2v) is 18.5. The number of amides is 4. The van der Waals surface area contributed by atoms with Crippen molar-refractivity contribution in [2.45, 2.75) is 76.9 Å². The first-order valence-electron chi connectivity index (χ1n) is 25.4. The number of rotatable bonds is 36. The summed E-state index contributed by atoms with van der Waals surface area (Å²) in [5, 5.41) is 19.4. The molecule has 3 heterocycles. The molecule has 1 atom stereocenters. The largest absolute Gasteiger partial charge is 0.494 e. The molecular weight excluding hydrogens is 961 g/mol. The normalized spacial score (nSPS) is 12.8. The molecule has 0 radical (unpaired) electrons. The number of urea groups is 1. The number of carbonyl (C=O) groups excluding carboxylic acids is 3. The van der Waals surface area contributed by atoms with Crippen molar-refractivity contribution >= 4 is 40.0 Å². The molecule has 0 bridgehead atoms. The molecule has 396 valence electrons. The number of hydrogen-bond acceptors (Lipinski definition) is 14. The number of aryl methyl sites for hydroxylation is 2. The van der Waals surface area contributed by atoms with Gasteiger partial charge in [0.25, 0.3) is 0 Å². The van der Waals surface area contributed by atoms with Gasteiger partial charge < -0.3 is 44.1 Å². The Morgan fingerprint density at radius 1 is 0.838 bits per heavy atom. The maximum atomic E-state index is 13.8. The number of nitrogens with zero attached hydrogens (tertiary/aromatic N) is 7. The van der Waals surface area contributed by atoms with Crippen LogP contribution in [-0.2, 0) is 49.6 Å². The fraction of sp³-hybridized carbons (Fsp3) is 0.436. The topological polar surface area (TPSA) is 196 Å². The van der Waals surface area contributed by atoms with Crippen molar-refractivity contribution in [3.8, 4) is 11.5 Å². The molecule has 3 aromatic heterocycles. The van der Waals surface area contributed by atoms with Gasteiger partial charge in [-0.1, -0.05) is 61.7 Å². The highest BCUT2D eigenvalue weighted by Gasteiger charge is 2.41. The van der Waals surface area contributed by atoms with Crippen LogP contribution in [0.3, 0.4) is 0 Å². The zero-order chi connectivity index (χ0) is 52.2. The average Bonchev–Trinajstić information content (AvgIpc) is 3.98. The number of benzene rings is 2. The number of allylic oxidation sites excluding steroid dienone is 2. The van der Waals surface area contributed by atoms with E-state index in [2.05, 4.69) is 61.3 Å². The van der Waals surface area contributed by atoms with Crippen LogP contribution in [0.1, 0.15) is 67.7 Å². The van der Waals surface area contributed by atoms with Crippen molar-refractivity contribution in [1.82, 2.24) is 40.1 Å². The summed E-state index contributed by atoms with van der Waals surface area (Å²) < 4.78 is 30.8. The van der Waals surface area contributed by atoms with Gasteiger partial charge in [0, 0.05) is 55.4 Å². The molecule has 4 amide bonds. The van der Waals surface area contributed by atoms with Crippen LogP contribution < -0.4 is 25.4 Å². The third kappa shape index (κ3) is 20.3. The van der Waals surface area contributed by atoms with Crippen molar-refractivity contribution in [2.24, 2.45) is 0 Å². The lowest BCUT2D eigenvalue weighted by Gasteiger charge is -2.31. The molecule has 1 aliphatic carbocycles. The summed E-state index contributed by atoms with van der Waals surface area (Å²) in [5.41, 5.74) is 4.84. The van der Waals surface area contributed by atoms with Gasteiger partial charge >= 0.3 is 6.03 Å². The summed E-state index contributed by atoms with van der Waals surface area (Å²) >= 11 is 1.40. The Kier molecular flexibility index (Phi) is 24.2. The third-order valence-corrected chi connectivity index (χ3v) is 12.6. The van der Waals surface area contributed by atoms with Crippen molar-refractivity contribution in [1.29, 1.82) is 0 Å². The van der Waals surface area contributed by atoms with Gasteiger partial charge in [0.2, 0.25) is 11.8 Å². The molecular formula is C55H72N10O8S. The molecule has 1 unspecified atom stereocenters. The summed E-state index contributed by atoms with van der Waals surface area (Å²) in [6, 6.07) is 19.3. The average molecular weight is 1030 g/mol. The fourth-order valence-electron chi connectivity index (χ4n) is 7.59. The predicted molar refractivity (Wildman–Crippen MR) is 288 cm³/mol. The number of carbonyl (C=O) groups is 3. The van der Waals surface area contributed by atoms with E-state index in [0.29, 0.717) is 94.5 Å². The van der Waals surface area contributed by atoms with E-state index < -0.39 is 6.04 Å². The molecule has 0 saturated heterocycles. The quantitative estimate of drug-likeness (QED) is 0.0259. The van der Waals surface area contributed by atoms with Crippen molar-refractivity contribution in [3.63, 3.8) is 0 Å². The summed E-state index contributed by atoms with van der Waals surface area (Å²) in [5.74, 6) is 1.13. The molecule has 19 heteroatoms.